The number of rotatable bonds is 2. The van der Waals surface area contributed by atoms with Crippen LogP contribution in [0.25, 0.3) is 0 Å². The summed E-state index contributed by atoms with van der Waals surface area (Å²) in [5, 5.41) is 0. The SMILES string of the molecule is O=C1CCC(=Nc2cccc(C(F)F)c2)C1. The van der Waals surface area contributed by atoms with Gasteiger partial charge in [0.05, 0.1) is 5.69 Å². The topological polar surface area (TPSA) is 29.4 Å². The summed E-state index contributed by atoms with van der Waals surface area (Å²) in [6, 6.07) is 5.95. The molecule has 4 heteroatoms. The van der Waals surface area contributed by atoms with Gasteiger partial charge >= 0.3 is 0 Å². The van der Waals surface area contributed by atoms with Crippen molar-refractivity contribution in [1.82, 2.24) is 0 Å². The summed E-state index contributed by atoms with van der Waals surface area (Å²) in [5.41, 5.74) is 1.25. The molecule has 0 unspecified atom stereocenters. The van der Waals surface area contributed by atoms with Gasteiger partial charge in [-0.05, 0) is 18.6 Å². The second-order valence-electron chi connectivity index (χ2n) is 3.79. The number of hydrogen-bond acceptors (Lipinski definition) is 2. The smallest absolute Gasteiger partial charge is 0.263 e. The first-order chi connectivity index (χ1) is 7.65. The summed E-state index contributed by atoms with van der Waals surface area (Å²) in [6.45, 7) is 0. The number of aliphatic imine (C=N–C) groups is 1. The van der Waals surface area contributed by atoms with Gasteiger partial charge in [0.2, 0.25) is 0 Å². The lowest BCUT2D eigenvalue weighted by atomic mass is 10.2. The Morgan fingerprint density at radius 2 is 2.06 bits per heavy atom. The zero-order valence-electron chi connectivity index (χ0n) is 8.62. The number of nitrogens with zero attached hydrogens (tertiary/aromatic N) is 1. The van der Waals surface area contributed by atoms with Crippen LogP contribution < -0.4 is 0 Å². The molecule has 1 aliphatic rings. The van der Waals surface area contributed by atoms with E-state index in [9.17, 15) is 13.6 Å². The van der Waals surface area contributed by atoms with Crippen molar-refractivity contribution in [3.8, 4) is 0 Å². The van der Waals surface area contributed by atoms with E-state index in [0.29, 0.717) is 24.9 Å². The summed E-state index contributed by atoms with van der Waals surface area (Å²) in [6.07, 6.45) is -0.949. The van der Waals surface area contributed by atoms with Crippen molar-refractivity contribution in [2.45, 2.75) is 25.7 Å². The van der Waals surface area contributed by atoms with E-state index in [1.807, 2.05) is 0 Å². The van der Waals surface area contributed by atoms with Crippen LogP contribution in [0.2, 0.25) is 0 Å². The Morgan fingerprint density at radius 1 is 1.25 bits per heavy atom. The third kappa shape index (κ3) is 2.51. The van der Waals surface area contributed by atoms with Crippen LogP contribution in [0.3, 0.4) is 0 Å². The fourth-order valence-electron chi connectivity index (χ4n) is 1.70. The summed E-state index contributed by atoms with van der Waals surface area (Å²) < 4.78 is 24.8. The molecule has 16 heavy (non-hydrogen) atoms. The first-order valence-electron chi connectivity index (χ1n) is 5.11. The van der Waals surface area contributed by atoms with Crippen molar-refractivity contribution in [3.63, 3.8) is 0 Å². The quantitative estimate of drug-likeness (QED) is 0.755. The van der Waals surface area contributed by atoms with Gasteiger partial charge in [0.1, 0.15) is 5.78 Å². The summed E-state index contributed by atoms with van der Waals surface area (Å²) >= 11 is 0. The third-order valence-electron chi connectivity index (χ3n) is 2.50. The molecule has 0 aromatic heterocycles. The predicted octanol–water partition coefficient (Wildman–Crippen LogP) is 3.45. The number of benzene rings is 1. The lowest BCUT2D eigenvalue weighted by Gasteiger charge is -2.01. The zero-order chi connectivity index (χ0) is 11.5. The predicted molar refractivity (Wildman–Crippen MR) is 57.4 cm³/mol. The molecule has 0 spiro atoms. The lowest BCUT2D eigenvalue weighted by Crippen LogP contribution is -1.91. The maximum atomic E-state index is 12.4. The number of ketones is 1. The van der Waals surface area contributed by atoms with Gasteiger partial charge in [-0.2, -0.15) is 0 Å². The Balaban J connectivity index is 2.21. The Hall–Kier alpha value is -1.58. The van der Waals surface area contributed by atoms with Gasteiger partial charge in [0.25, 0.3) is 6.43 Å². The van der Waals surface area contributed by atoms with Gasteiger partial charge in [0.15, 0.2) is 0 Å². The van der Waals surface area contributed by atoms with E-state index < -0.39 is 6.43 Å². The van der Waals surface area contributed by atoms with E-state index in [1.54, 1.807) is 12.1 Å². The van der Waals surface area contributed by atoms with Gasteiger partial charge in [0, 0.05) is 24.1 Å². The van der Waals surface area contributed by atoms with Crippen molar-refractivity contribution in [2.24, 2.45) is 4.99 Å². The van der Waals surface area contributed by atoms with Crippen LogP contribution in [0, 0.1) is 0 Å². The molecule has 1 aliphatic carbocycles. The molecule has 0 bridgehead atoms. The third-order valence-corrected chi connectivity index (χ3v) is 2.50. The minimum Gasteiger partial charge on any atom is -0.299 e. The monoisotopic (exact) mass is 223 g/mol. The molecule has 2 nitrogen and oxygen atoms in total. The van der Waals surface area contributed by atoms with Crippen LogP contribution in [-0.2, 0) is 4.79 Å². The van der Waals surface area contributed by atoms with Crippen LogP contribution in [0.4, 0.5) is 14.5 Å². The molecule has 84 valence electrons. The fourth-order valence-corrected chi connectivity index (χ4v) is 1.70. The molecule has 0 saturated heterocycles. The highest BCUT2D eigenvalue weighted by Gasteiger charge is 2.16. The van der Waals surface area contributed by atoms with Gasteiger partial charge < -0.3 is 0 Å². The van der Waals surface area contributed by atoms with Crippen LogP contribution in [0.15, 0.2) is 29.3 Å². The number of carbonyl (C=O) groups excluding carboxylic acids is 1. The van der Waals surface area contributed by atoms with E-state index >= 15 is 0 Å². The number of halogens is 2. The average molecular weight is 223 g/mol. The highest BCUT2D eigenvalue weighted by Crippen LogP contribution is 2.24. The Morgan fingerprint density at radius 3 is 2.69 bits per heavy atom. The molecule has 0 aliphatic heterocycles. The Kier molecular flexibility index (Phi) is 3.08. The minimum atomic E-state index is -2.48. The Bertz CT molecular complexity index is 440. The second-order valence-corrected chi connectivity index (χ2v) is 3.79. The molecule has 1 fully saturated rings. The highest BCUT2D eigenvalue weighted by atomic mass is 19.3. The first kappa shape index (κ1) is 10.9. The van der Waals surface area contributed by atoms with Gasteiger partial charge in [-0.15, -0.1) is 0 Å². The van der Waals surface area contributed by atoms with Gasteiger partial charge in [-0.1, -0.05) is 12.1 Å². The highest BCUT2D eigenvalue weighted by molar-refractivity contribution is 6.08. The van der Waals surface area contributed by atoms with Crippen molar-refractivity contribution in [3.05, 3.63) is 29.8 Å². The largest absolute Gasteiger partial charge is 0.299 e. The van der Waals surface area contributed by atoms with Crippen LogP contribution in [0.5, 0.6) is 0 Å². The number of Topliss-reactive ketones (excluding diaryl/α,β-unsaturated/α-hetero) is 1. The number of alkyl halides is 2. The van der Waals surface area contributed by atoms with E-state index in [-0.39, 0.29) is 11.3 Å². The molecule has 1 saturated carbocycles. The van der Waals surface area contributed by atoms with Gasteiger partial charge in [-0.3, -0.25) is 9.79 Å². The molecule has 2 rings (SSSR count). The fraction of sp³-hybridized carbons (Fsp3) is 0.333. The standard InChI is InChI=1S/C12H11F2NO/c13-12(14)8-2-1-3-9(6-8)15-10-4-5-11(16)7-10/h1-3,6,12H,4-5,7H2. The van der Waals surface area contributed by atoms with E-state index in [1.165, 1.54) is 12.1 Å². The van der Waals surface area contributed by atoms with Crippen molar-refractivity contribution in [2.75, 3.05) is 0 Å². The van der Waals surface area contributed by atoms with Gasteiger partial charge in [-0.25, -0.2) is 8.78 Å². The molecular formula is C12H11F2NO. The Labute approximate surface area is 92.0 Å². The van der Waals surface area contributed by atoms with E-state index in [0.717, 1.165) is 5.71 Å². The first-order valence-corrected chi connectivity index (χ1v) is 5.11. The summed E-state index contributed by atoms with van der Waals surface area (Å²) in [4.78, 5) is 15.2. The molecule has 1 aromatic carbocycles. The number of carbonyl (C=O) groups is 1. The van der Waals surface area contributed by atoms with E-state index in [2.05, 4.69) is 4.99 Å². The second kappa shape index (κ2) is 4.51. The van der Waals surface area contributed by atoms with Crippen molar-refractivity contribution < 1.29 is 13.6 Å². The number of hydrogen-bond donors (Lipinski definition) is 0. The van der Waals surface area contributed by atoms with Crippen LogP contribution in [-0.4, -0.2) is 11.5 Å². The molecular weight excluding hydrogens is 212 g/mol. The van der Waals surface area contributed by atoms with Crippen LogP contribution >= 0.6 is 0 Å². The molecule has 0 amide bonds. The molecule has 0 atom stereocenters. The van der Waals surface area contributed by atoms with Crippen molar-refractivity contribution in [1.29, 1.82) is 0 Å². The molecule has 0 N–H and O–H groups in total. The molecule has 0 heterocycles. The molecule has 1 aromatic rings. The van der Waals surface area contributed by atoms with Crippen LogP contribution in [0.1, 0.15) is 31.3 Å². The summed E-state index contributed by atoms with van der Waals surface area (Å²) in [7, 11) is 0. The lowest BCUT2D eigenvalue weighted by molar-refractivity contribution is -0.116. The van der Waals surface area contributed by atoms with E-state index in [4.69, 9.17) is 0 Å². The summed E-state index contributed by atoms with van der Waals surface area (Å²) in [5.74, 6) is 0.170. The normalized spacial score (nSPS) is 18.7. The maximum absolute atomic E-state index is 12.4. The van der Waals surface area contributed by atoms with Crippen molar-refractivity contribution >= 4 is 17.2 Å². The zero-order valence-corrected chi connectivity index (χ0v) is 8.62. The molecule has 0 radical (unpaired) electrons. The minimum absolute atomic E-state index is 0.0360. The average Bonchev–Trinajstić information content (AvgIpc) is 2.64. The maximum Gasteiger partial charge on any atom is 0.263 e.